The molecule has 1 aromatic heterocycles. The van der Waals surface area contributed by atoms with Gasteiger partial charge in [-0.05, 0) is 25.5 Å². The Balaban J connectivity index is 2.13. The Morgan fingerprint density at radius 2 is 2.50 bits per heavy atom. The highest BCUT2D eigenvalue weighted by Gasteiger charge is 2.23. The van der Waals surface area contributed by atoms with Gasteiger partial charge in [-0.2, -0.15) is 0 Å². The predicted molar refractivity (Wildman–Crippen MR) is 56.5 cm³/mol. The molecule has 3 unspecified atom stereocenters. The number of hydrogen-bond donors (Lipinski definition) is 1. The van der Waals surface area contributed by atoms with E-state index in [4.69, 9.17) is 4.42 Å². The molecule has 3 nitrogen and oxygen atoms in total. The summed E-state index contributed by atoms with van der Waals surface area (Å²) in [5, 5.41) is 3.42. The van der Waals surface area contributed by atoms with Crippen molar-refractivity contribution < 1.29 is 8.63 Å². The Bertz CT molecular complexity index is 310. The van der Waals surface area contributed by atoms with Crippen molar-refractivity contribution in [3.8, 4) is 0 Å². The lowest BCUT2D eigenvalue weighted by Crippen LogP contribution is -2.30. The first-order chi connectivity index (χ1) is 6.75. The first kappa shape index (κ1) is 9.93. The first-order valence-electron chi connectivity index (χ1n) is 4.90. The fourth-order valence-corrected chi connectivity index (χ4v) is 3.12. The van der Waals surface area contributed by atoms with Crippen LogP contribution in [0.3, 0.4) is 0 Å². The van der Waals surface area contributed by atoms with Crippen LogP contribution >= 0.6 is 0 Å². The second kappa shape index (κ2) is 4.28. The topological polar surface area (TPSA) is 42.2 Å². The molecule has 14 heavy (non-hydrogen) atoms. The maximum atomic E-state index is 11.6. The van der Waals surface area contributed by atoms with E-state index in [1.165, 1.54) is 0 Å². The standard InChI is InChI=1S/C10H15NO2S/c1-8-4-6-14(12)7-9(11-8)10-3-2-5-13-10/h2-3,5,8-9,11H,4,6-7H2,1H3. The summed E-state index contributed by atoms with van der Waals surface area (Å²) in [4.78, 5) is 0. The molecule has 1 saturated heterocycles. The molecule has 1 fully saturated rings. The van der Waals surface area contributed by atoms with Crippen molar-refractivity contribution in [3.63, 3.8) is 0 Å². The van der Waals surface area contributed by atoms with E-state index < -0.39 is 10.8 Å². The van der Waals surface area contributed by atoms with Crippen molar-refractivity contribution >= 4 is 10.8 Å². The summed E-state index contributed by atoms with van der Waals surface area (Å²) in [6.45, 7) is 2.12. The zero-order valence-electron chi connectivity index (χ0n) is 8.23. The highest BCUT2D eigenvalue weighted by atomic mass is 32.2. The highest BCUT2D eigenvalue weighted by molar-refractivity contribution is 7.85. The van der Waals surface area contributed by atoms with Crippen LogP contribution in [0.15, 0.2) is 22.8 Å². The van der Waals surface area contributed by atoms with Crippen LogP contribution in [0, 0.1) is 0 Å². The smallest absolute Gasteiger partial charge is 0.121 e. The average Bonchev–Trinajstić information content (AvgIpc) is 2.61. The van der Waals surface area contributed by atoms with Crippen molar-refractivity contribution in [2.45, 2.75) is 25.4 Å². The lowest BCUT2D eigenvalue weighted by Gasteiger charge is -2.16. The molecule has 0 spiro atoms. The maximum absolute atomic E-state index is 11.6. The van der Waals surface area contributed by atoms with Gasteiger partial charge in [-0.3, -0.25) is 4.21 Å². The second-order valence-electron chi connectivity index (χ2n) is 3.74. The van der Waals surface area contributed by atoms with Crippen LogP contribution in [0.25, 0.3) is 0 Å². The van der Waals surface area contributed by atoms with Crippen LogP contribution in [-0.4, -0.2) is 21.8 Å². The molecule has 1 aliphatic rings. The molecule has 3 atom stereocenters. The van der Waals surface area contributed by atoms with E-state index in [9.17, 15) is 4.21 Å². The van der Waals surface area contributed by atoms with E-state index in [0.717, 1.165) is 17.9 Å². The molecule has 2 heterocycles. The number of hydrogen-bond acceptors (Lipinski definition) is 3. The van der Waals surface area contributed by atoms with Gasteiger partial charge in [0, 0.05) is 28.3 Å². The summed E-state index contributed by atoms with van der Waals surface area (Å²) in [7, 11) is -0.715. The summed E-state index contributed by atoms with van der Waals surface area (Å²) in [5.41, 5.74) is 0. The van der Waals surface area contributed by atoms with Crippen LogP contribution in [0.5, 0.6) is 0 Å². The van der Waals surface area contributed by atoms with Gasteiger partial charge in [-0.15, -0.1) is 0 Å². The molecule has 78 valence electrons. The van der Waals surface area contributed by atoms with Crippen LogP contribution in [0.4, 0.5) is 0 Å². The lowest BCUT2D eigenvalue weighted by molar-refractivity contribution is 0.403. The number of furan rings is 1. The van der Waals surface area contributed by atoms with Gasteiger partial charge in [0.15, 0.2) is 0 Å². The minimum Gasteiger partial charge on any atom is -0.468 e. The van der Waals surface area contributed by atoms with Crippen molar-refractivity contribution in [1.29, 1.82) is 0 Å². The zero-order chi connectivity index (χ0) is 9.97. The predicted octanol–water partition coefficient (Wildman–Crippen LogP) is 1.45. The molecule has 0 radical (unpaired) electrons. The van der Waals surface area contributed by atoms with Gasteiger partial charge in [0.25, 0.3) is 0 Å². The third kappa shape index (κ3) is 2.25. The quantitative estimate of drug-likeness (QED) is 0.767. The van der Waals surface area contributed by atoms with E-state index in [2.05, 4.69) is 12.2 Å². The third-order valence-electron chi connectivity index (χ3n) is 2.50. The molecule has 2 rings (SSSR count). The minimum absolute atomic E-state index is 0.114. The molecule has 0 aromatic carbocycles. The van der Waals surface area contributed by atoms with Crippen LogP contribution in [0.2, 0.25) is 0 Å². The van der Waals surface area contributed by atoms with E-state index in [0.29, 0.717) is 11.8 Å². The molecule has 1 aromatic rings. The Labute approximate surface area is 86.3 Å². The Kier molecular flexibility index (Phi) is 3.03. The Morgan fingerprint density at radius 1 is 1.64 bits per heavy atom. The maximum Gasteiger partial charge on any atom is 0.121 e. The highest BCUT2D eigenvalue weighted by Crippen LogP contribution is 2.19. The fourth-order valence-electron chi connectivity index (χ4n) is 1.71. The number of nitrogens with one attached hydrogen (secondary N) is 1. The van der Waals surface area contributed by atoms with Crippen molar-refractivity contribution in [3.05, 3.63) is 24.2 Å². The summed E-state index contributed by atoms with van der Waals surface area (Å²) in [6.07, 6.45) is 2.64. The van der Waals surface area contributed by atoms with Gasteiger partial charge in [-0.25, -0.2) is 0 Å². The molecule has 0 amide bonds. The van der Waals surface area contributed by atoms with E-state index in [1.54, 1.807) is 6.26 Å². The van der Waals surface area contributed by atoms with Crippen LogP contribution in [0.1, 0.15) is 25.1 Å². The number of rotatable bonds is 1. The van der Waals surface area contributed by atoms with Gasteiger partial charge in [0.1, 0.15) is 5.76 Å². The van der Waals surface area contributed by atoms with Gasteiger partial charge < -0.3 is 9.73 Å². The molecule has 0 aliphatic carbocycles. The summed E-state index contributed by atoms with van der Waals surface area (Å²) in [5.74, 6) is 2.36. The van der Waals surface area contributed by atoms with Gasteiger partial charge in [0.2, 0.25) is 0 Å². The van der Waals surface area contributed by atoms with Crippen molar-refractivity contribution in [2.24, 2.45) is 0 Å². The second-order valence-corrected chi connectivity index (χ2v) is 5.36. The molecule has 4 heteroatoms. The Hall–Kier alpha value is -0.610. The van der Waals surface area contributed by atoms with E-state index >= 15 is 0 Å². The molecular formula is C10H15NO2S. The first-order valence-corrected chi connectivity index (χ1v) is 6.39. The van der Waals surface area contributed by atoms with Gasteiger partial charge >= 0.3 is 0 Å². The van der Waals surface area contributed by atoms with Gasteiger partial charge in [0.05, 0.1) is 12.3 Å². The minimum atomic E-state index is -0.715. The summed E-state index contributed by atoms with van der Waals surface area (Å²) < 4.78 is 16.9. The average molecular weight is 213 g/mol. The van der Waals surface area contributed by atoms with E-state index in [-0.39, 0.29) is 6.04 Å². The monoisotopic (exact) mass is 213 g/mol. The third-order valence-corrected chi connectivity index (χ3v) is 3.90. The van der Waals surface area contributed by atoms with Crippen LogP contribution in [-0.2, 0) is 10.8 Å². The van der Waals surface area contributed by atoms with Crippen LogP contribution < -0.4 is 5.32 Å². The lowest BCUT2D eigenvalue weighted by atomic mass is 10.2. The normalized spacial score (nSPS) is 33.9. The SMILES string of the molecule is CC1CCS(=O)CC(c2ccco2)N1. The van der Waals surface area contributed by atoms with Crippen molar-refractivity contribution in [1.82, 2.24) is 5.32 Å². The molecule has 1 aliphatic heterocycles. The summed E-state index contributed by atoms with van der Waals surface area (Å²) >= 11 is 0. The van der Waals surface area contributed by atoms with E-state index in [1.807, 2.05) is 12.1 Å². The van der Waals surface area contributed by atoms with Crippen molar-refractivity contribution in [2.75, 3.05) is 11.5 Å². The van der Waals surface area contributed by atoms with Gasteiger partial charge in [-0.1, -0.05) is 0 Å². The molecule has 0 saturated carbocycles. The Morgan fingerprint density at radius 3 is 3.21 bits per heavy atom. The zero-order valence-corrected chi connectivity index (χ0v) is 9.05. The molecule has 1 N–H and O–H groups in total. The fraction of sp³-hybridized carbons (Fsp3) is 0.600. The molecular weight excluding hydrogens is 198 g/mol. The molecule has 0 bridgehead atoms. The largest absolute Gasteiger partial charge is 0.468 e. The summed E-state index contributed by atoms with van der Waals surface area (Å²) in [6, 6.07) is 4.34.